The third kappa shape index (κ3) is 4.59. The number of benzene rings is 1. The van der Waals surface area contributed by atoms with Crippen LogP contribution in [0.15, 0.2) is 24.3 Å². The fourth-order valence-corrected chi connectivity index (χ4v) is 2.48. The molecule has 0 aliphatic rings. The summed E-state index contributed by atoms with van der Waals surface area (Å²) < 4.78 is 13.4. The Bertz CT molecular complexity index is 390. The molecule has 0 saturated carbocycles. The van der Waals surface area contributed by atoms with E-state index in [9.17, 15) is 4.39 Å². The zero-order chi connectivity index (χ0) is 14.5. The molecule has 2 nitrogen and oxygen atoms in total. The Morgan fingerprint density at radius 3 is 2.47 bits per heavy atom. The smallest absolute Gasteiger partial charge is 0.123 e. The van der Waals surface area contributed by atoms with Crippen LogP contribution in [-0.2, 0) is 0 Å². The maximum atomic E-state index is 13.4. The van der Waals surface area contributed by atoms with Crippen LogP contribution < -0.4 is 5.73 Å². The average Bonchev–Trinajstić information content (AvgIpc) is 2.38. The maximum Gasteiger partial charge on any atom is 0.123 e. The van der Waals surface area contributed by atoms with E-state index >= 15 is 0 Å². The van der Waals surface area contributed by atoms with E-state index in [1.54, 1.807) is 12.1 Å². The highest BCUT2D eigenvalue weighted by atomic mass is 19.1. The van der Waals surface area contributed by atoms with E-state index in [4.69, 9.17) is 5.73 Å². The lowest BCUT2D eigenvalue weighted by atomic mass is 9.91. The van der Waals surface area contributed by atoms with Crippen LogP contribution in [0.1, 0.15) is 45.7 Å². The van der Waals surface area contributed by atoms with Gasteiger partial charge < -0.3 is 5.73 Å². The topological polar surface area (TPSA) is 29.3 Å². The lowest BCUT2D eigenvalue weighted by Gasteiger charge is -2.36. The first-order valence-electron chi connectivity index (χ1n) is 7.13. The van der Waals surface area contributed by atoms with Crippen molar-refractivity contribution in [2.75, 3.05) is 19.6 Å². The molecule has 0 aromatic heterocycles. The Labute approximate surface area is 116 Å². The van der Waals surface area contributed by atoms with Crippen molar-refractivity contribution in [3.05, 3.63) is 35.6 Å². The van der Waals surface area contributed by atoms with Crippen molar-refractivity contribution >= 4 is 0 Å². The summed E-state index contributed by atoms with van der Waals surface area (Å²) in [5.41, 5.74) is 6.96. The van der Waals surface area contributed by atoms with Crippen molar-refractivity contribution in [3.8, 4) is 0 Å². The maximum absolute atomic E-state index is 13.4. The number of nitrogens with two attached hydrogens (primary N) is 1. The molecular weight excluding hydrogens is 239 g/mol. The van der Waals surface area contributed by atoms with E-state index in [0.717, 1.165) is 25.1 Å². The van der Waals surface area contributed by atoms with E-state index in [1.165, 1.54) is 6.07 Å². The summed E-state index contributed by atoms with van der Waals surface area (Å²) in [5, 5.41) is 0. The van der Waals surface area contributed by atoms with Gasteiger partial charge in [-0.25, -0.2) is 4.39 Å². The summed E-state index contributed by atoms with van der Waals surface area (Å²) in [6.45, 7) is 11.2. The molecule has 0 amide bonds. The van der Waals surface area contributed by atoms with Gasteiger partial charge in [0.05, 0.1) is 0 Å². The molecule has 2 N–H and O–H groups in total. The Hall–Kier alpha value is -0.930. The van der Waals surface area contributed by atoms with Gasteiger partial charge in [-0.05, 0) is 42.6 Å². The minimum absolute atomic E-state index is 0.0801. The van der Waals surface area contributed by atoms with Gasteiger partial charge in [0.2, 0.25) is 0 Å². The van der Waals surface area contributed by atoms with Crippen LogP contribution in [0.3, 0.4) is 0 Å². The molecule has 1 aromatic carbocycles. The highest BCUT2D eigenvalue weighted by Crippen LogP contribution is 2.28. The van der Waals surface area contributed by atoms with Gasteiger partial charge in [-0.1, -0.05) is 39.8 Å². The summed E-state index contributed by atoms with van der Waals surface area (Å²) in [6, 6.07) is 7.19. The Morgan fingerprint density at radius 2 is 2.00 bits per heavy atom. The SMILES string of the molecule is CCC(c1cccc(F)c1)N(CC)CC(C)(C)CN. The minimum atomic E-state index is -0.162. The molecule has 0 bridgehead atoms. The molecule has 1 aromatic rings. The molecule has 19 heavy (non-hydrogen) atoms. The Balaban J connectivity index is 2.93. The number of halogens is 1. The number of hydrogen-bond acceptors (Lipinski definition) is 2. The molecule has 0 fully saturated rings. The van der Waals surface area contributed by atoms with Gasteiger partial charge in [0.15, 0.2) is 0 Å². The molecule has 108 valence electrons. The highest BCUT2D eigenvalue weighted by molar-refractivity contribution is 5.20. The molecule has 0 aliphatic carbocycles. The minimum Gasteiger partial charge on any atom is -0.330 e. The molecule has 1 unspecified atom stereocenters. The Morgan fingerprint density at radius 1 is 1.32 bits per heavy atom. The first kappa shape index (κ1) is 16.1. The fraction of sp³-hybridized carbons (Fsp3) is 0.625. The van der Waals surface area contributed by atoms with E-state index in [1.807, 2.05) is 6.07 Å². The fourth-order valence-electron chi connectivity index (χ4n) is 2.48. The van der Waals surface area contributed by atoms with E-state index in [0.29, 0.717) is 6.54 Å². The first-order chi connectivity index (χ1) is 8.93. The molecule has 0 saturated heterocycles. The average molecular weight is 266 g/mol. The summed E-state index contributed by atoms with van der Waals surface area (Å²) in [4.78, 5) is 2.39. The summed E-state index contributed by atoms with van der Waals surface area (Å²) in [7, 11) is 0. The van der Waals surface area contributed by atoms with Crippen LogP contribution in [0.5, 0.6) is 0 Å². The Kier molecular flexibility index (Phi) is 5.95. The molecule has 0 spiro atoms. The van der Waals surface area contributed by atoms with Crippen LogP contribution >= 0.6 is 0 Å². The lowest BCUT2D eigenvalue weighted by molar-refractivity contribution is 0.135. The molecule has 1 atom stereocenters. The predicted octanol–water partition coefficient (Wildman–Crippen LogP) is 3.58. The third-order valence-corrected chi connectivity index (χ3v) is 3.65. The van der Waals surface area contributed by atoms with E-state index < -0.39 is 0 Å². The molecule has 3 heteroatoms. The lowest BCUT2D eigenvalue weighted by Crippen LogP contribution is -2.40. The van der Waals surface area contributed by atoms with Crippen molar-refractivity contribution in [2.45, 2.75) is 40.2 Å². The van der Waals surface area contributed by atoms with Gasteiger partial charge in [-0.3, -0.25) is 4.90 Å². The summed E-state index contributed by atoms with van der Waals surface area (Å²) >= 11 is 0. The quantitative estimate of drug-likeness (QED) is 0.817. The van der Waals surface area contributed by atoms with Crippen molar-refractivity contribution < 1.29 is 4.39 Å². The second-order valence-electron chi connectivity index (χ2n) is 5.91. The van der Waals surface area contributed by atoms with E-state index in [-0.39, 0.29) is 17.3 Å². The van der Waals surface area contributed by atoms with Gasteiger partial charge in [0.1, 0.15) is 5.82 Å². The zero-order valence-corrected chi connectivity index (χ0v) is 12.6. The number of nitrogens with zero attached hydrogens (tertiary/aromatic N) is 1. The van der Waals surface area contributed by atoms with Gasteiger partial charge in [0, 0.05) is 12.6 Å². The van der Waals surface area contributed by atoms with Gasteiger partial charge >= 0.3 is 0 Å². The van der Waals surface area contributed by atoms with Crippen LogP contribution in [0, 0.1) is 11.2 Å². The van der Waals surface area contributed by atoms with Crippen molar-refractivity contribution in [1.29, 1.82) is 0 Å². The van der Waals surface area contributed by atoms with Crippen LogP contribution in [0.2, 0.25) is 0 Å². The van der Waals surface area contributed by atoms with Gasteiger partial charge in [-0.15, -0.1) is 0 Å². The summed E-state index contributed by atoms with van der Waals surface area (Å²) in [5.74, 6) is -0.162. The van der Waals surface area contributed by atoms with Crippen molar-refractivity contribution in [3.63, 3.8) is 0 Å². The van der Waals surface area contributed by atoms with Crippen LogP contribution in [0.4, 0.5) is 4.39 Å². The number of hydrogen-bond donors (Lipinski definition) is 1. The highest BCUT2D eigenvalue weighted by Gasteiger charge is 2.25. The molecule has 0 heterocycles. The second-order valence-corrected chi connectivity index (χ2v) is 5.91. The molecule has 0 aliphatic heterocycles. The monoisotopic (exact) mass is 266 g/mol. The summed E-state index contributed by atoms with van der Waals surface area (Å²) in [6.07, 6.45) is 0.970. The van der Waals surface area contributed by atoms with Crippen LogP contribution in [0.25, 0.3) is 0 Å². The van der Waals surface area contributed by atoms with Crippen molar-refractivity contribution in [1.82, 2.24) is 4.90 Å². The normalized spacial score (nSPS) is 13.8. The first-order valence-corrected chi connectivity index (χ1v) is 7.13. The number of rotatable bonds is 7. The largest absolute Gasteiger partial charge is 0.330 e. The van der Waals surface area contributed by atoms with Crippen molar-refractivity contribution in [2.24, 2.45) is 11.1 Å². The van der Waals surface area contributed by atoms with E-state index in [2.05, 4.69) is 32.6 Å². The van der Waals surface area contributed by atoms with Crippen LogP contribution in [-0.4, -0.2) is 24.5 Å². The van der Waals surface area contributed by atoms with Gasteiger partial charge in [0.25, 0.3) is 0 Å². The molecule has 1 rings (SSSR count). The second kappa shape index (κ2) is 7.01. The molecule has 0 radical (unpaired) electrons. The van der Waals surface area contributed by atoms with Gasteiger partial charge in [-0.2, -0.15) is 0 Å². The standard InChI is InChI=1S/C16H27FN2/c1-5-15(13-8-7-9-14(17)10-13)19(6-2)12-16(3,4)11-18/h7-10,15H,5-6,11-12,18H2,1-4H3. The molecular formula is C16H27FN2. The third-order valence-electron chi connectivity index (χ3n) is 3.65. The zero-order valence-electron chi connectivity index (χ0n) is 12.6. The predicted molar refractivity (Wildman–Crippen MR) is 79.5 cm³/mol.